The minimum absolute atomic E-state index is 0.368. The van der Waals surface area contributed by atoms with Gasteiger partial charge in [0.25, 0.3) is 0 Å². The lowest BCUT2D eigenvalue weighted by atomic mass is 9.92. The van der Waals surface area contributed by atoms with Gasteiger partial charge in [0.15, 0.2) is 0 Å². The molecule has 3 rings (SSSR count). The second kappa shape index (κ2) is 9.78. The summed E-state index contributed by atoms with van der Waals surface area (Å²) in [5.41, 5.74) is 3.95. The molecular formula is C25H26O4. The number of carboxylic acid groups (broad SMARTS) is 1. The number of para-hydroxylation sites is 1. The molecule has 0 saturated carbocycles. The van der Waals surface area contributed by atoms with Crippen LogP contribution >= 0.6 is 0 Å². The first-order valence-corrected chi connectivity index (χ1v) is 9.73. The van der Waals surface area contributed by atoms with Crippen LogP contribution in [0.4, 0.5) is 0 Å². The quantitative estimate of drug-likeness (QED) is 0.512. The Kier molecular flexibility index (Phi) is 6.90. The van der Waals surface area contributed by atoms with Gasteiger partial charge in [-0.15, -0.1) is 0 Å². The van der Waals surface area contributed by atoms with Gasteiger partial charge in [0, 0.05) is 0 Å². The Morgan fingerprint density at radius 2 is 1.52 bits per heavy atom. The molecule has 0 radical (unpaired) electrons. The minimum Gasteiger partial charge on any atom is -0.490 e. The second-order valence-corrected chi connectivity index (χ2v) is 7.08. The van der Waals surface area contributed by atoms with Gasteiger partial charge in [-0.05, 0) is 49.1 Å². The molecular weight excluding hydrogens is 364 g/mol. The van der Waals surface area contributed by atoms with Gasteiger partial charge >= 0.3 is 5.97 Å². The number of aryl methyl sites for hydroxylation is 2. The molecule has 0 fully saturated rings. The van der Waals surface area contributed by atoms with Crippen LogP contribution < -0.4 is 9.47 Å². The lowest BCUT2D eigenvalue weighted by Gasteiger charge is -2.16. The van der Waals surface area contributed by atoms with E-state index in [1.54, 1.807) is 0 Å². The number of hydrogen-bond acceptors (Lipinski definition) is 3. The predicted molar refractivity (Wildman–Crippen MR) is 114 cm³/mol. The highest BCUT2D eigenvalue weighted by molar-refractivity contribution is 5.76. The highest BCUT2D eigenvalue weighted by atomic mass is 16.5. The highest BCUT2D eigenvalue weighted by Crippen LogP contribution is 2.27. The van der Waals surface area contributed by atoms with Gasteiger partial charge in [-0.25, -0.2) is 0 Å². The number of hydrogen-bond donors (Lipinski definition) is 1. The number of rotatable bonds is 9. The van der Waals surface area contributed by atoms with Crippen LogP contribution in [0.2, 0.25) is 0 Å². The Bertz CT molecular complexity index is 950. The van der Waals surface area contributed by atoms with Crippen molar-refractivity contribution in [3.05, 3.63) is 95.1 Å². The Labute approximate surface area is 171 Å². The lowest BCUT2D eigenvalue weighted by Crippen LogP contribution is -2.16. The van der Waals surface area contributed by atoms with Crippen molar-refractivity contribution >= 4 is 5.97 Å². The molecule has 0 heterocycles. The van der Waals surface area contributed by atoms with E-state index < -0.39 is 11.9 Å². The van der Waals surface area contributed by atoms with Crippen LogP contribution in [0.15, 0.2) is 72.8 Å². The van der Waals surface area contributed by atoms with Crippen LogP contribution in [0, 0.1) is 13.8 Å². The summed E-state index contributed by atoms with van der Waals surface area (Å²) in [4.78, 5) is 11.8. The first-order chi connectivity index (χ1) is 14.0. The van der Waals surface area contributed by atoms with E-state index in [9.17, 15) is 9.90 Å². The molecule has 0 bridgehead atoms. The summed E-state index contributed by atoms with van der Waals surface area (Å²) in [6.07, 6.45) is 0.368. The lowest BCUT2D eigenvalue weighted by molar-refractivity contribution is -0.138. The molecule has 0 aliphatic carbocycles. The number of carboxylic acids is 1. The maximum atomic E-state index is 11.8. The molecule has 0 aliphatic heterocycles. The van der Waals surface area contributed by atoms with E-state index in [1.165, 1.54) is 5.56 Å². The van der Waals surface area contributed by atoms with Crippen molar-refractivity contribution < 1.29 is 19.4 Å². The second-order valence-electron chi connectivity index (χ2n) is 7.08. The van der Waals surface area contributed by atoms with Crippen molar-refractivity contribution in [2.45, 2.75) is 26.2 Å². The van der Waals surface area contributed by atoms with E-state index >= 15 is 0 Å². The monoisotopic (exact) mass is 390 g/mol. The van der Waals surface area contributed by atoms with Crippen molar-refractivity contribution in [2.75, 3.05) is 13.2 Å². The molecule has 4 nitrogen and oxygen atoms in total. The summed E-state index contributed by atoms with van der Waals surface area (Å²) in [6.45, 7) is 4.87. The van der Waals surface area contributed by atoms with Crippen molar-refractivity contribution in [3.63, 3.8) is 0 Å². The zero-order valence-electron chi connectivity index (χ0n) is 16.8. The molecule has 1 N–H and O–H groups in total. The molecule has 1 atom stereocenters. The van der Waals surface area contributed by atoms with E-state index in [0.29, 0.717) is 25.4 Å². The zero-order valence-corrected chi connectivity index (χ0v) is 16.8. The van der Waals surface area contributed by atoms with Crippen molar-refractivity contribution in [2.24, 2.45) is 0 Å². The van der Waals surface area contributed by atoms with Gasteiger partial charge in [-0.3, -0.25) is 4.79 Å². The number of benzene rings is 3. The highest BCUT2D eigenvalue weighted by Gasteiger charge is 2.21. The largest absolute Gasteiger partial charge is 0.490 e. The molecule has 3 aromatic rings. The summed E-state index contributed by atoms with van der Waals surface area (Å²) >= 11 is 0. The van der Waals surface area contributed by atoms with Crippen molar-refractivity contribution in [3.8, 4) is 11.5 Å². The minimum atomic E-state index is -0.843. The van der Waals surface area contributed by atoms with E-state index in [1.807, 2.05) is 73.7 Å². The van der Waals surface area contributed by atoms with E-state index in [0.717, 1.165) is 22.4 Å². The average Bonchev–Trinajstić information content (AvgIpc) is 2.72. The van der Waals surface area contributed by atoms with Crippen LogP contribution in [0.1, 0.15) is 28.2 Å². The van der Waals surface area contributed by atoms with Crippen LogP contribution in [0.25, 0.3) is 0 Å². The Morgan fingerprint density at radius 3 is 2.21 bits per heavy atom. The average molecular weight is 390 g/mol. The van der Waals surface area contributed by atoms with E-state index in [4.69, 9.17) is 9.47 Å². The molecule has 150 valence electrons. The van der Waals surface area contributed by atoms with Gasteiger partial charge in [0.05, 0.1) is 5.92 Å². The Morgan fingerprint density at radius 1 is 0.862 bits per heavy atom. The van der Waals surface area contributed by atoms with Crippen LogP contribution in [0.3, 0.4) is 0 Å². The first kappa shape index (κ1) is 20.5. The summed E-state index contributed by atoms with van der Waals surface area (Å²) in [7, 11) is 0. The third-order valence-electron chi connectivity index (χ3n) is 4.83. The standard InChI is InChI=1S/C25H26O4/c1-18-12-13-23(19(2)16-18)28-14-15-29-24-11-7-6-10-21(24)17-22(25(26)27)20-8-4-3-5-9-20/h3-13,16,22H,14-15,17H2,1-2H3,(H,26,27). The molecule has 3 aromatic carbocycles. The molecule has 1 unspecified atom stereocenters. The molecule has 4 heteroatoms. The summed E-state index contributed by atoms with van der Waals surface area (Å²) in [6, 6.07) is 23.0. The molecule has 29 heavy (non-hydrogen) atoms. The zero-order chi connectivity index (χ0) is 20.6. The predicted octanol–water partition coefficient (Wildman–Crippen LogP) is 5.17. The van der Waals surface area contributed by atoms with E-state index in [2.05, 4.69) is 13.0 Å². The van der Waals surface area contributed by atoms with Crippen LogP contribution in [0.5, 0.6) is 11.5 Å². The fourth-order valence-corrected chi connectivity index (χ4v) is 3.33. The number of aliphatic carboxylic acids is 1. The fraction of sp³-hybridized carbons (Fsp3) is 0.240. The van der Waals surface area contributed by atoms with E-state index in [-0.39, 0.29) is 0 Å². The third kappa shape index (κ3) is 5.61. The number of ether oxygens (including phenoxy) is 2. The van der Waals surface area contributed by atoms with Gasteiger partial charge in [-0.1, -0.05) is 66.2 Å². The van der Waals surface area contributed by atoms with Gasteiger partial charge < -0.3 is 14.6 Å². The molecule has 0 aromatic heterocycles. The van der Waals surface area contributed by atoms with Crippen LogP contribution in [-0.4, -0.2) is 24.3 Å². The smallest absolute Gasteiger partial charge is 0.311 e. The number of carbonyl (C=O) groups is 1. The first-order valence-electron chi connectivity index (χ1n) is 9.73. The summed E-state index contributed by atoms with van der Waals surface area (Å²) in [5, 5.41) is 9.70. The van der Waals surface area contributed by atoms with Gasteiger partial charge in [0.2, 0.25) is 0 Å². The molecule has 0 saturated heterocycles. The third-order valence-corrected chi connectivity index (χ3v) is 4.83. The maximum Gasteiger partial charge on any atom is 0.311 e. The Hall–Kier alpha value is -3.27. The molecule has 0 aliphatic rings. The van der Waals surface area contributed by atoms with Gasteiger partial charge in [0.1, 0.15) is 24.7 Å². The normalized spacial score (nSPS) is 11.7. The van der Waals surface area contributed by atoms with Gasteiger partial charge in [-0.2, -0.15) is 0 Å². The van der Waals surface area contributed by atoms with Crippen LogP contribution in [-0.2, 0) is 11.2 Å². The summed E-state index contributed by atoms with van der Waals surface area (Å²) < 4.78 is 11.7. The summed E-state index contributed by atoms with van der Waals surface area (Å²) in [5.74, 6) is 0.0815. The molecule has 0 amide bonds. The SMILES string of the molecule is Cc1ccc(OCCOc2ccccc2CC(C(=O)O)c2ccccc2)c(C)c1. The Balaban J connectivity index is 1.63. The topological polar surface area (TPSA) is 55.8 Å². The van der Waals surface area contributed by atoms with Crippen molar-refractivity contribution in [1.82, 2.24) is 0 Å². The maximum absolute atomic E-state index is 11.8. The fourth-order valence-electron chi connectivity index (χ4n) is 3.33. The molecule has 0 spiro atoms. The van der Waals surface area contributed by atoms with Crippen molar-refractivity contribution in [1.29, 1.82) is 0 Å².